The van der Waals surface area contributed by atoms with Crippen LogP contribution in [0.3, 0.4) is 0 Å². The molecule has 6 nitrogen and oxygen atoms in total. The first-order valence-electron chi connectivity index (χ1n) is 9.96. The van der Waals surface area contributed by atoms with E-state index in [2.05, 4.69) is 20.3 Å². The molecule has 2 aromatic carbocycles. The second kappa shape index (κ2) is 9.17. The number of rotatable bonds is 6. The van der Waals surface area contributed by atoms with Crippen molar-refractivity contribution in [3.8, 4) is 23.0 Å². The quantitative estimate of drug-likeness (QED) is 0.490. The summed E-state index contributed by atoms with van der Waals surface area (Å²) in [7, 11) is 0. The number of amides is 1. The zero-order valence-corrected chi connectivity index (χ0v) is 17.4. The van der Waals surface area contributed by atoms with Gasteiger partial charge in [-0.15, -0.1) is 0 Å². The van der Waals surface area contributed by atoms with Gasteiger partial charge in [-0.1, -0.05) is 42.5 Å². The average molecular weight is 410 g/mol. The first-order chi connectivity index (χ1) is 15.1. The largest absolute Gasteiger partial charge is 0.438 e. The van der Waals surface area contributed by atoms with Crippen molar-refractivity contribution in [3.05, 3.63) is 102 Å². The van der Waals surface area contributed by atoms with Crippen LogP contribution in [-0.4, -0.2) is 20.9 Å². The minimum absolute atomic E-state index is 0.204. The number of pyridine rings is 1. The molecule has 0 spiro atoms. The van der Waals surface area contributed by atoms with E-state index in [-0.39, 0.29) is 17.4 Å². The van der Waals surface area contributed by atoms with Crippen molar-refractivity contribution in [2.24, 2.45) is 0 Å². The van der Waals surface area contributed by atoms with Crippen molar-refractivity contribution in [1.29, 1.82) is 0 Å². The van der Waals surface area contributed by atoms with Crippen molar-refractivity contribution in [2.75, 3.05) is 0 Å². The summed E-state index contributed by atoms with van der Waals surface area (Å²) in [5.74, 6) is 0.972. The molecule has 0 bridgehead atoms. The SMILES string of the molecule is Cc1ccc(Oc2nc(-c3ccccc3)ncc2C(=O)NCc2ccccn2)cc1C. The molecule has 154 valence electrons. The molecule has 2 heterocycles. The minimum atomic E-state index is -0.330. The van der Waals surface area contributed by atoms with Crippen molar-refractivity contribution < 1.29 is 9.53 Å². The maximum absolute atomic E-state index is 12.9. The number of aryl methyl sites for hydroxylation is 2. The second-order valence-corrected chi connectivity index (χ2v) is 7.13. The Morgan fingerprint density at radius 3 is 2.48 bits per heavy atom. The number of carbonyl (C=O) groups excluding carboxylic acids is 1. The molecule has 1 amide bonds. The maximum atomic E-state index is 12.9. The Labute approximate surface area is 181 Å². The fourth-order valence-electron chi connectivity index (χ4n) is 2.98. The van der Waals surface area contributed by atoms with Gasteiger partial charge in [0.1, 0.15) is 11.3 Å². The van der Waals surface area contributed by atoms with E-state index in [4.69, 9.17) is 4.74 Å². The monoisotopic (exact) mass is 410 g/mol. The summed E-state index contributed by atoms with van der Waals surface area (Å²) < 4.78 is 6.05. The van der Waals surface area contributed by atoms with Crippen LogP contribution in [0, 0.1) is 13.8 Å². The lowest BCUT2D eigenvalue weighted by Gasteiger charge is -2.12. The molecule has 0 aliphatic heterocycles. The molecule has 0 fully saturated rings. The zero-order valence-electron chi connectivity index (χ0n) is 17.4. The van der Waals surface area contributed by atoms with E-state index in [9.17, 15) is 4.79 Å². The van der Waals surface area contributed by atoms with E-state index in [0.29, 0.717) is 18.1 Å². The van der Waals surface area contributed by atoms with Crippen LogP contribution in [0.1, 0.15) is 27.2 Å². The van der Waals surface area contributed by atoms with Gasteiger partial charge in [0, 0.05) is 18.0 Å². The molecule has 31 heavy (non-hydrogen) atoms. The number of carbonyl (C=O) groups is 1. The fraction of sp³-hybridized carbons (Fsp3) is 0.120. The Morgan fingerprint density at radius 1 is 0.935 bits per heavy atom. The molecule has 4 rings (SSSR count). The van der Waals surface area contributed by atoms with Crippen LogP contribution in [0.4, 0.5) is 0 Å². The van der Waals surface area contributed by atoms with Gasteiger partial charge in [-0.2, -0.15) is 4.98 Å². The Morgan fingerprint density at radius 2 is 1.74 bits per heavy atom. The molecule has 0 radical (unpaired) electrons. The highest BCUT2D eigenvalue weighted by Crippen LogP contribution is 2.27. The summed E-state index contributed by atoms with van der Waals surface area (Å²) in [6, 6.07) is 20.9. The second-order valence-electron chi connectivity index (χ2n) is 7.13. The smallest absolute Gasteiger partial charge is 0.258 e. The lowest BCUT2D eigenvalue weighted by Crippen LogP contribution is -2.24. The molecule has 0 atom stereocenters. The summed E-state index contributed by atoms with van der Waals surface area (Å²) in [4.78, 5) is 26.1. The lowest BCUT2D eigenvalue weighted by atomic mass is 10.1. The Kier molecular flexibility index (Phi) is 5.98. The van der Waals surface area contributed by atoms with E-state index in [1.807, 2.05) is 80.6 Å². The van der Waals surface area contributed by atoms with Gasteiger partial charge in [0.25, 0.3) is 5.91 Å². The van der Waals surface area contributed by atoms with Crippen molar-refractivity contribution in [1.82, 2.24) is 20.3 Å². The molecule has 0 aliphatic carbocycles. The van der Waals surface area contributed by atoms with Gasteiger partial charge in [0.2, 0.25) is 5.88 Å². The number of hydrogen-bond donors (Lipinski definition) is 1. The third-order valence-electron chi connectivity index (χ3n) is 4.88. The third-order valence-corrected chi connectivity index (χ3v) is 4.88. The van der Waals surface area contributed by atoms with Crippen LogP contribution in [0.5, 0.6) is 11.6 Å². The standard InChI is InChI=1S/C25H22N4O2/c1-17-11-12-21(14-18(17)2)31-25-22(24(30)28-15-20-10-6-7-13-26-20)16-27-23(29-25)19-8-4-3-5-9-19/h3-14,16H,15H2,1-2H3,(H,28,30). The predicted molar refractivity (Wildman–Crippen MR) is 119 cm³/mol. The van der Waals surface area contributed by atoms with Crippen molar-refractivity contribution >= 4 is 5.91 Å². The normalized spacial score (nSPS) is 10.5. The van der Waals surface area contributed by atoms with Crippen molar-refractivity contribution in [3.63, 3.8) is 0 Å². The Balaban J connectivity index is 1.65. The average Bonchev–Trinajstić information content (AvgIpc) is 2.81. The lowest BCUT2D eigenvalue weighted by molar-refractivity contribution is 0.0947. The van der Waals surface area contributed by atoms with Crippen LogP contribution in [0.2, 0.25) is 0 Å². The molecule has 0 unspecified atom stereocenters. The summed E-state index contributed by atoms with van der Waals surface area (Å²) in [5.41, 5.74) is 4.11. The van der Waals surface area contributed by atoms with Crippen LogP contribution < -0.4 is 10.1 Å². The molecule has 4 aromatic rings. The topological polar surface area (TPSA) is 77.0 Å². The fourth-order valence-corrected chi connectivity index (χ4v) is 2.98. The molecule has 2 aromatic heterocycles. The zero-order chi connectivity index (χ0) is 21.6. The third kappa shape index (κ3) is 4.93. The van der Waals surface area contributed by atoms with E-state index in [1.54, 1.807) is 6.20 Å². The van der Waals surface area contributed by atoms with Gasteiger partial charge in [0.15, 0.2) is 5.82 Å². The van der Waals surface area contributed by atoms with Gasteiger partial charge < -0.3 is 10.1 Å². The number of benzene rings is 2. The van der Waals surface area contributed by atoms with Crippen molar-refractivity contribution in [2.45, 2.75) is 20.4 Å². The number of nitrogens with one attached hydrogen (secondary N) is 1. The van der Waals surface area contributed by atoms with E-state index < -0.39 is 0 Å². The van der Waals surface area contributed by atoms with Gasteiger partial charge in [-0.05, 0) is 49.2 Å². The minimum Gasteiger partial charge on any atom is -0.438 e. The molecular formula is C25H22N4O2. The highest BCUT2D eigenvalue weighted by Gasteiger charge is 2.18. The molecule has 0 saturated heterocycles. The highest BCUT2D eigenvalue weighted by atomic mass is 16.5. The summed E-state index contributed by atoms with van der Waals surface area (Å²) in [6.45, 7) is 4.34. The Bertz CT molecular complexity index is 1190. The van der Waals surface area contributed by atoms with Crippen LogP contribution in [-0.2, 0) is 6.54 Å². The predicted octanol–water partition coefficient (Wildman–Crippen LogP) is 4.88. The molecule has 0 saturated carbocycles. The van der Waals surface area contributed by atoms with Gasteiger partial charge >= 0.3 is 0 Å². The summed E-state index contributed by atoms with van der Waals surface area (Å²) in [5, 5.41) is 2.86. The van der Waals surface area contributed by atoms with Gasteiger partial charge in [0.05, 0.1) is 12.2 Å². The van der Waals surface area contributed by atoms with Crippen LogP contribution >= 0.6 is 0 Å². The van der Waals surface area contributed by atoms with E-state index in [0.717, 1.165) is 22.4 Å². The molecule has 0 aliphatic rings. The van der Waals surface area contributed by atoms with Gasteiger partial charge in [-0.25, -0.2) is 4.98 Å². The molecular weight excluding hydrogens is 388 g/mol. The van der Waals surface area contributed by atoms with E-state index >= 15 is 0 Å². The molecule has 1 N–H and O–H groups in total. The van der Waals surface area contributed by atoms with Crippen LogP contribution in [0.15, 0.2) is 79.1 Å². The number of ether oxygens (including phenoxy) is 1. The number of nitrogens with zero attached hydrogens (tertiary/aromatic N) is 3. The molecule has 6 heteroatoms. The Hall–Kier alpha value is -4.06. The highest BCUT2D eigenvalue weighted by molar-refractivity contribution is 5.96. The first kappa shape index (κ1) is 20.2. The summed E-state index contributed by atoms with van der Waals surface area (Å²) in [6.07, 6.45) is 3.19. The first-order valence-corrected chi connectivity index (χ1v) is 9.96. The number of aromatic nitrogens is 3. The van der Waals surface area contributed by atoms with Crippen LogP contribution in [0.25, 0.3) is 11.4 Å². The van der Waals surface area contributed by atoms with E-state index in [1.165, 1.54) is 6.20 Å². The summed E-state index contributed by atoms with van der Waals surface area (Å²) >= 11 is 0. The van der Waals surface area contributed by atoms with Gasteiger partial charge in [-0.3, -0.25) is 9.78 Å². The maximum Gasteiger partial charge on any atom is 0.258 e. The number of hydrogen-bond acceptors (Lipinski definition) is 5.